The molecule has 1 heterocycles. The maximum atomic E-state index is 11.0. The molecule has 0 aromatic rings. The molecule has 1 saturated carbocycles. The maximum Gasteiger partial charge on any atom is 0.0727 e. The van der Waals surface area contributed by atoms with Crippen molar-refractivity contribution in [3.63, 3.8) is 0 Å². The minimum absolute atomic E-state index is 0.361. The van der Waals surface area contributed by atoms with Gasteiger partial charge in [0.1, 0.15) is 0 Å². The second-order valence-corrected chi connectivity index (χ2v) is 6.01. The molecular formula is C14H27NO. The number of hydrogen-bond acceptors (Lipinski definition) is 2. The fourth-order valence-corrected chi connectivity index (χ4v) is 3.74. The summed E-state index contributed by atoms with van der Waals surface area (Å²) in [6.45, 7) is 6.58. The summed E-state index contributed by atoms with van der Waals surface area (Å²) in [5, 5.41) is 14.4. The molecular weight excluding hydrogens is 198 g/mol. The highest BCUT2D eigenvalue weighted by atomic mass is 16.3. The molecule has 1 saturated heterocycles. The van der Waals surface area contributed by atoms with E-state index in [9.17, 15) is 5.11 Å². The fraction of sp³-hybridized carbons (Fsp3) is 1.00. The topological polar surface area (TPSA) is 32.3 Å². The van der Waals surface area contributed by atoms with Crippen LogP contribution in [0.2, 0.25) is 0 Å². The van der Waals surface area contributed by atoms with Crippen LogP contribution in [-0.4, -0.2) is 23.8 Å². The maximum absolute atomic E-state index is 11.0. The highest BCUT2D eigenvalue weighted by molar-refractivity contribution is 4.97. The van der Waals surface area contributed by atoms with E-state index in [0.717, 1.165) is 31.8 Å². The van der Waals surface area contributed by atoms with E-state index in [1.54, 1.807) is 0 Å². The lowest BCUT2D eigenvalue weighted by molar-refractivity contribution is -0.102. The summed E-state index contributed by atoms with van der Waals surface area (Å²) in [6.07, 6.45) is 7.19. The number of aliphatic hydroxyl groups is 1. The third-order valence-corrected chi connectivity index (χ3v) is 5.02. The smallest absolute Gasteiger partial charge is 0.0727 e. The Kier molecular flexibility index (Phi) is 3.91. The SMILES string of the molecule is CCC1CNCCC1(O)C1CCC(C)CC1. The first kappa shape index (κ1) is 12.4. The molecule has 0 radical (unpaired) electrons. The number of hydrogen-bond donors (Lipinski definition) is 2. The standard InChI is InChI=1S/C14H27NO/c1-3-12-10-15-9-8-14(12,16)13-6-4-11(2)5-7-13/h11-13,15-16H,3-10H2,1-2H3. The zero-order chi connectivity index (χ0) is 11.6. The predicted molar refractivity (Wildman–Crippen MR) is 67.3 cm³/mol. The predicted octanol–water partition coefficient (Wildman–Crippen LogP) is 2.56. The molecule has 2 aliphatic rings. The van der Waals surface area contributed by atoms with Crippen LogP contribution >= 0.6 is 0 Å². The Hall–Kier alpha value is -0.0800. The summed E-state index contributed by atoms with van der Waals surface area (Å²) in [4.78, 5) is 0. The van der Waals surface area contributed by atoms with Gasteiger partial charge >= 0.3 is 0 Å². The molecule has 2 N–H and O–H groups in total. The molecule has 2 heteroatoms. The molecule has 0 aromatic carbocycles. The van der Waals surface area contributed by atoms with Gasteiger partial charge in [-0.25, -0.2) is 0 Å². The summed E-state index contributed by atoms with van der Waals surface area (Å²) in [7, 11) is 0. The minimum Gasteiger partial charge on any atom is -0.389 e. The van der Waals surface area contributed by atoms with Crippen LogP contribution in [0.5, 0.6) is 0 Å². The summed E-state index contributed by atoms with van der Waals surface area (Å²) >= 11 is 0. The van der Waals surface area contributed by atoms with Gasteiger partial charge in [0, 0.05) is 12.5 Å². The average molecular weight is 225 g/mol. The van der Waals surface area contributed by atoms with Gasteiger partial charge in [0.15, 0.2) is 0 Å². The van der Waals surface area contributed by atoms with E-state index in [1.165, 1.54) is 25.7 Å². The van der Waals surface area contributed by atoms with Gasteiger partial charge < -0.3 is 10.4 Å². The first-order valence-electron chi connectivity index (χ1n) is 7.10. The lowest BCUT2D eigenvalue weighted by Gasteiger charge is -2.47. The Bertz CT molecular complexity index is 223. The average Bonchev–Trinajstić information content (AvgIpc) is 2.30. The van der Waals surface area contributed by atoms with Crippen LogP contribution in [0.4, 0.5) is 0 Å². The van der Waals surface area contributed by atoms with E-state index < -0.39 is 0 Å². The quantitative estimate of drug-likeness (QED) is 0.757. The zero-order valence-corrected chi connectivity index (χ0v) is 10.8. The molecule has 0 spiro atoms. The Balaban J connectivity index is 2.03. The van der Waals surface area contributed by atoms with E-state index in [2.05, 4.69) is 19.2 Å². The number of piperidine rings is 1. The van der Waals surface area contributed by atoms with Crippen molar-refractivity contribution in [2.45, 2.75) is 58.0 Å². The zero-order valence-electron chi connectivity index (χ0n) is 10.8. The van der Waals surface area contributed by atoms with Gasteiger partial charge in [-0.05, 0) is 44.1 Å². The molecule has 1 aliphatic heterocycles. The lowest BCUT2D eigenvalue weighted by atomic mass is 9.65. The van der Waals surface area contributed by atoms with Gasteiger partial charge in [0.2, 0.25) is 0 Å². The van der Waals surface area contributed by atoms with Crippen molar-refractivity contribution in [2.75, 3.05) is 13.1 Å². The number of rotatable bonds is 2. The van der Waals surface area contributed by atoms with Crippen molar-refractivity contribution in [1.82, 2.24) is 5.32 Å². The summed E-state index contributed by atoms with van der Waals surface area (Å²) in [5.41, 5.74) is -0.361. The third kappa shape index (κ3) is 2.28. The molecule has 0 aromatic heterocycles. The molecule has 94 valence electrons. The monoisotopic (exact) mass is 225 g/mol. The largest absolute Gasteiger partial charge is 0.389 e. The van der Waals surface area contributed by atoms with Gasteiger partial charge in [-0.1, -0.05) is 26.7 Å². The van der Waals surface area contributed by atoms with E-state index in [1.807, 2.05) is 0 Å². The van der Waals surface area contributed by atoms with Gasteiger partial charge in [-0.15, -0.1) is 0 Å². The first-order valence-corrected chi connectivity index (χ1v) is 7.10. The Morgan fingerprint density at radius 2 is 1.94 bits per heavy atom. The first-order chi connectivity index (χ1) is 7.66. The molecule has 2 fully saturated rings. The normalized spacial score (nSPS) is 45.6. The van der Waals surface area contributed by atoms with Crippen molar-refractivity contribution < 1.29 is 5.11 Å². The molecule has 0 amide bonds. The second-order valence-electron chi connectivity index (χ2n) is 6.01. The van der Waals surface area contributed by atoms with Crippen molar-refractivity contribution in [3.8, 4) is 0 Å². The molecule has 0 bridgehead atoms. The van der Waals surface area contributed by atoms with E-state index >= 15 is 0 Å². The van der Waals surface area contributed by atoms with Gasteiger partial charge in [0.25, 0.3) is 0 Å². The number of nitrogens with one attached hydrogen (secondary N) is 1. The third-order valence-electron chi connectivity index (χ3n) is 5.02. The molecule has 1 aliphatic carbocycles. The van der Waals surface area contributed by atoms with Gasteiger partial charge in [-0.3, -0.25) is 0 Å². The van der Waals surface area contributed by atoms with Crippen LogP contribution in [0.15, 0.2) is 0 Å². The molecule has 2 nitrogen and oxygen atoms in total. The lowest BCUT2D eigenvalue weighted by Crippen LogP contribution is -2.55. The Morgan fingerprint density at radius 1 is 1.25 bits per heavy atom. The summed E-state index contributed by atoms with van der Waals surface area (Å²) < 4.78 is 0. The Morgan fingerprint density at radius 3 is 2.56 bits per heavy atom. The van der Waals surface area contributed by atoms with Crippen LogP contribution < -0.4 is 5.32 Å². The molecule has 2 atom stereocenters. The van der Waals surface area contributed by atoms with Crippen molar-refractivity contribution in [3.05, 3.63) is 0 Å². The van der Waals surface area contributed by atoms with Gasteiger partial charge in [-0.2, -0.15) is 0 Å². The van der Waals surface area contributed by atoms with E-state index in [-0.39, 0.29) is 5.60 Å². The van der Waals surface area contributed by atoms with E-state index in [0.29, 0.717) is 11.8 Å². The summed E-state index contributed by atoms with van der Waals surface area (Å²) in [5.74, 6) is 1.91. The van der Waals surface area contributed by atoms with Crippen LogP contribution in [0.1, 0.15) is 52.4 Å². The van der Waals surface area contributed by atoms with Crippen LogP contribution in [0.25, 0.3) is 0 Å². The molecule has 2 rings (SSSR count). The Labute approximate surface area is 99.8 Å². The van der Waals surface area contributed by atoms with Crippen molar-refractivity contribution in [2.24, 2.45) is 17.8 Å². The second kappa shape index (κ2) is 5.05. The minimum atomic E-state index is -0.361. The summed E-state index contributed by atoms with van der Waals surface area (Å²) in [6, 6.07) is 0. The van der Waals surface area contributed by atoms with Crippen LogP contribution in [0.3, 0.4) is 0 Å². The highest BCUT2D eigenvalue weighted by Gasteiger charge is 2.44. The molecule has 2 unspecified atom stereocenters. The van der Waals surface area contributed by atoms with Crippen LogP contribution in [0, 0.1) is 17.8 Å². The fourth-order valence-electron chi connectivity index (χ4n) is 3.74. The van der Waals surface area contributed by atoms with Crippen molar-refractivity contribution >= 4 is 0 Å². The van der Waals surface area contributed by atoms with E-state index in [4.69, 9.17) is 0 Å². The van der Waals surface area contributed by atoms with Gasteiger partial charge in [0.05, 0.1) is 5.60 Å². The van der Waals surface area contributed by atoms with Crippen LogP contribution in [-0.2, 0) is 0 Å². The van der Waals surface area contributed by atoms with Crippen molar-refractivity contribution in [1.29, 1.82) is 0 Å². The molecule has 16 heavy (non-hydrogen) atoms. The highest BCUT2D eigenvalue weighted by Crippen LogP contribution is 2.42.